The fourth-order valence-electron chi connectivity index (χ4n) is 1.80. The van der Waals surface area contributed by atoms with E-state index in [2.05, 4.69) is 21.9 Å². The van der Waals surface area contributed by atoms with Gasteiger partial charge in [0.15, 0.2) is 0 Å². The van der Waals surface area contributed by atoms with E-state index < -0.39 is 0 Å². The van der Waals surface area contributed by atoms with Crippen LogP contribution in [0, 0.1) is 6.92 Å². The Bertz CT molecular complexity index is 536. The van der Waals surface area contributed by atoms with Gasteiger partial charge in [-0.25, -0.2) is 4.98 Å². The Kier molecular flexibility index (Phi) is 5.16. The summed E-state index contributed by atoms with van der Waals surface area (Å²) in [6.07, 6.45) is 4.25. The molecule has 6 heteroatoms. The molecule has 2 aromatic rings. The minimum absolute atomic E-state index is 0.619. The third kappa shape index (κ3) is 3.89. The molecule has 0 N–H and O–H groups in total. The van der Waals surface area contributed by atoms with Crippen LogP contribution in [0.15, 0.2) is 17.9 Å². The van der Waals surface area contributed by atoms with Gasteiger partial charge in [-0.1, -0.05) is 23.2 Å². The molecule has 0 amide bonds. The van der Waals surface area contributed by atoms with E-state index in [1.807, 2.05) is 12.4 Å². The third-order valence-electron chi connectivity index (χ3n) is 2.95. The Labute approximate surface area is 127 Å². The summed E-state index contributed by atoms with van der Waals surface area (Å²) in [7, 11) is 2.06. The number of aryl methyl sites for hydroxylation is 1. The first-order valence-corrected chi connectivity index (χ1v) is 7.57. The Balaban J connectivity index is 1.94. The SMILES string of the molecule is Cc1ncsc1CCN(C)Cc1c(Cl)cncc1Cl. The zero-order valence-electron chi connectivity index (χ0n) is 10.9. The number of rotatable bonds is 5. The summed E-state index contributed by atoms with van der Waals surface area (Å²) in [5.74, 6) is 0. The van der Waals surface area contributed by atoms with Gasteiger partial charge < -0.3 is 4.90 Å². The monoisotopic (exact) mass is 315 g/mol. The highest BCUT2D eigenvalue weighted by atomic mass is 35.5. The fourth-order valence-corrected chi connectivity index (χ4v) is 3.05. The van der Waals surface area contributed by atoms with Gasteiger partial charge >= 0.3 is 0 Å². The summed E-state index contributed by atoms with van der Waals surface area (Å²) in [6, 6.07) is 0. The lowest BCUT2D eigenvalue weighted by molar-refractivity contribution is 0.332. The first-order valence-electron chi connectivity index (χ1n) is 5.93. The molecular formula is C13H15Cl2N3S. The lowest BCUT2D eigenvalue weighted by Gasteiger charge is -2.17. The molecule has 0 saturated carbocycles. The van der Waals surface area contributed by atoms with Crippen LogP contribution < -0.4 is 0 Å². The minimum Gasteiger partial charge on any atom is -0.302 e. The number of aromatic nitrogens is 2. The van der Waals surface area contributed by atoms with Crippen LogP contribution in [0.1, 0.15) is 16.1 Å². The van der Waals surface area contributed by atoms with Gasteiger partial charge in [-0.3, -0.25) is 4.98 Å². The molecule has 102 valence electrons. The average molecular weight is 316 g/mol. The second-order valence-electron chi connectivity index (χ2n) is 4.43. The van der Waals surface area contributed by atoms with E-state index in [9.17, 15) is 0 Å². The molecular weight excluding hydrogens is 301 g/mol. The third-order valence-corrected chi connectivity index (χ3v) is 4.59. The molecule has 19 heavy (non-hydrogen) atoms. The van der Waals surface area contributed by atoms with E-state index >= 15 is 0 Å². The van der Waals surface area contributed by atoms with E-state index in [1.165, 1.54) is 4.88 Å². The van der Waals surface area contributed by atoms with E-state index in [0.29, 0.717) is 10.0 Å². The Morgan fingerprint density at radius 1 is 1.26 bits per heavy atom. The summed E-state index contributed by atoms with van der Waals surface area (Å²) in [6.45, 7) is 3.71. The van der Waals surface area contributed by atoms with Crippen LogP contribution in [-0.4, -0.2) is 28.5 Å². The largest absolute Gasteiger partial charge is 0.302 e. The molecule has 0 spiro atoms. The van der Waals surface area contributed by atoms with Crippen molar-refractivity contribution in [2.75, 3.05) is 13.6 Å². The van der Waals surface area contributed by atoms with Gasteiger partial charge in [0.25, 0.3) is 0 Å². The maximum Gasteiger partial charge on any atom is 0.0797 e. The average Bonchev–Trinajstić information content (AvgIpc) is 2.77. The predicted molar refractivity (Wildman–Crippen MR) is 81.1 cm³/mol. The van der Waals surface area contributed by atoms with Crippen molar-refractivity contribution in [3.63, 3.8) is 0 Å². The highest BCUT2D eigenvalue weighted by Gasteiger charge is 2.10. The second-order valence-corrected chi connectivity index (χ2v) is 6.18. The van der Waals surface area contributed by atoms with E-state index in [-0.39, 0.29) is 0 Å². The number of pyridine rings is 1. The molecule has 0 unspecified atom stereocenters. The molecule has 0 aromatic carbocycles. The number of hydrogen-bond acceptors (Lipinski definition) is 4. The van der Waals surface area contributed by atoms with Crippen molar-refractivity contribution in [3.05, 3.63) is 44.1 Å². The molecule has 2 heterocycles. The fraction of sp³-hybridized carbons (Fsp3) is 0.385. The number of likely N-dealkylation sites (N-methyl/N-ethyl adjacent to an activating group) is 1. The van der Waals surface area contributed by atoms with E-state index in [4.69, 9.17) is 23.2 Å². The number of hydrogen-bond donors (Lipinski definition) is 0. The summed E-state index contributed by atoms with van der Waals surface area (Å²) in [5, 5.41) is 1.24. The topological polar surface area (TPSA) is 29.0 Å². The molecule has 2 rings (SSSR count). The van der Waals surface area contributed by atoms with Crippen molar-refractivity contribution in [2.24, 2.45) is 0 Å². The molecule has 0 aliphatic heterocycles. The number of nitrogens with zero attached hydrogens (tertiary/aromatic N) is 3. The van der Waals surface area contributed by atoms with Crippen LogP contribution in [0.25, 0.3) is 0 Å². The normalized spacial score (nSPS) is 11.2. The van der Waals surface area contributed by atoms with Crippen molar-refractivity contribution < 1.29 is 0 Å². The lowest BCUT2D eigenvalue weighted by atomic mass is 10.2. The highest BCUT2D eigenvalue weighted by molar-refractivity contribution is 7.09. The Morgan fingerprint density at radius 2 is 1.95 bits per heavy atom. The van der Waals surface area contributed by atoms with Crippen LogP contribution in [0.5, 0.6) is 0 Å². The van der Waals surface area contributed by atoms with Gasteiger partial charge in [-0.15, -0.1) is 11.3 Å². The maximum absolute atomic E-state index is 6.12. The summed E-state index contributed by atoms with van der Waals surface area (Å²) >= 11 is 13.9. The molecule has 0 aliphatic carbocycles. The van der Waals surface area contributed by atoms with Crippen LogP contribution >= 0.6 is 34.5 Å². The maximum atomic E-state index is 6.12. The van der Waals surface area contributed by atoms with Gasteiger partial charge in [0.05, 0.1) is 21.2 Å². The zero-order chi connectivity index (χ0) is 13.8. The molecule has 0 fully saturated rings. The van der Waals surface area contributed by atoms with Gasteiger partial charge in [-0.2, -0.15) is 0 Å². The van der Waals surface area contributed by atoms with Gasteiger partial charge in [0.2, 0.25) is 0 Å². The molecule has 3 nitrogen and oxygen atoms in total. The van der Waals surface area contributed by atoms with Crippen molar-refractivity contribution in [3.8, 4) is 0 Å². The molecule has 0 aliphatic rings. The zero-order valence-corrected chi connectivity index (χ0v) is 13.2. The van der Waals surface area contributed by atoms with Crippen LogP contribution in [0.3, 0.4) is 0 Å². The van der Waals surface area contributed by atoms with Crippen LogP contribution in [0.2, 0.25) is 10.0 Å². The van der Waals surface area contributed by atoms with Crippen molar-refractivity contribution >= 4 is 34.5 Å². The molecule has 0 saturated heterocycles. The quantitative estimate of drug-likeness (QED) is 0.839. The highest BCUT2D eigenvalue weighted by Crippen LogP contribution is 2.24. The second kappa shape index (κ2) is 6.66. The van der Waals surface area contributed by atoms with Crippen LogP contribution in [-0.2, 0) is 13.0 Å². The summed E-state index contributed by atoms with van der Waals surface area (Å²) < 4.78 is 0. The Morgan fingerprint density at radius 3 is 2.53 bits per heavy atom. The van der Waals surface area contributed by atoms with Gasteiger partial charge in [0.1, 0.15) is 0 Å². The van der Waals surface area contributed by atoms with E-state index in [0.717, 1.165) is 30.8 Å². The molecule has 0 bridgehead atoms. The predicted octanol–water partition coefficient (Wildman–Crippen LogP) is 3.83. The summed E-state index contributed by atoms with van der Waals surface area (Å²) in [4.78, 5) is 11.8. The summed E-state index contributed by atoms with van der Waals surface area (Å²) in [5.41, 5.74) is 3.95. The lowest BCUT2D eigenvalue weighted by Crippen LogP contribution is -2.21. The number of halogens is 2. The first kappa shape index (κ1) is 14.7. The van der Waals surface area contributed by atoms with Crippen LogP contribution in [0.4, 0.5) is 0 Å². The van der Waals surface area contributed by atoms with E-state index in [1.54, 1.807) is 23.7 Å². The number of thiazole rings is 1. The van der Waals surface area contributed by atoms with Crippen molar-refractivity contribution in [1.29, 1.82) is 0 Å². The first-order chi connectivity index (χ1) is 9.08. The molecule has 2 aromatic heterocycles. The minimum atomic E-state index is 0.619. The smallest absolute Gasteiger partial charge is 0.0797 e. The van der Waals surface area contributed by atoms with Crippen molar-refractivity contribution in [2.45, 2.75) is 19.9 Å². The van der Waals surface area contributed by atoms with Gasteiger partial charge in [0, 0.05) is 35.9 Å². The van der Waals surface area contributed by atoms with Gasteiger partial charge in [-0.05, 0) is 20.4 Å². The van der Waals surface area contributed by atoms with Crippen molar-refractivity contribution in [1.82, 2.24) is 14.9 Å². The molecule has 0 radical (unpaired) electrons. The Hall–Kier alpha value is -0.680. The molecule has 0 atom stereocenters. The standard InChI is InChI=1S/C13H15Cl2N3S/c1-9-13(19-8-17-9)3-4-18(2)7-10-11(14)5-16-6-12(10)15/h5-6,8H,3-4,7H2,1-2H3.